The van der Waals surface area contributed by atoms with E-state index < -0.39 is 15.1 Å². The lowest BCUT2D eigenvalue weighted by Crippen LogP contribution is -2.41. The second-order valence-electron chi connectivity index (χ2n) is 7.49. The number of nitrogens with zero attached hydrogens (tertiary/aromatic N) is 2. The van der Waals surface area contributed by atoms with Crippen molar-refractivity contribution in [3.8, 4) is 0 Å². The molecule has 1 saturated heterocycles. The molecule has 0 spiro atoms. The van der Waals surface area contributed by atoms with Gasteiger partial charge in [-0.1, -0.05) is 12.1 Å². The molecule has 1 fully saturated rings. The van der Waals surface area contributed by atoms with Gasteiger partial charge in [0.05, 0.1) is 16.6 Å². The van der Waals surface area contributed by atoms with Crippen LogP contribution in [0.25, 0.3) is 0 Å². The number of carbonyl (C=O) groups is 1. The molecule has 2 heterocycles. The predicted molar refractivity (Wildman–Crippen MR) is 113 cm³/mol. The van der Waals surface area contributed by atoms with Crippen LogP contribution in [0.1, 0.15) is 32.3 Å². The monoisotopic (exact) mass is 421 g/mol. The average molecular weight is 422 g/mol. The minimum atomic E-state index is -3.28. The Balaban J connectivity index is 1.49. The van der Waals surface area contributed by atoms with Gasteiger partial charge in [0.2, 0.25) is 5.91 Å². The van der Waals surface area contributed by atoms with Crippen molar-refractivity contribution in [1.29, 1.82) is 0 Å². The Morgan fingerprint density at radius 1 is 1.32 bits per heavy atom. The molecule has 1 N–H and O–H groups in total. The maximum Gasteiger partial charge on any atom is 0.224 e. The van der Waals surface area contributed by atoms with Crippen molar-refractivity contribution in [3.63, 3.8) is 0 Å². The lowest BCUT2D eigenvalue weighted by molar-refractivity contribution is -0.120. The highest BCUT2D eigenvalue weighted by molar-refractivity contribution is 7.92. The number of hydrogen-bond acceptors (Lipinski definition) is 6. The van der Waals surface area contributed by atoms with E-state index >= 15 is 0 Å². The summed E-state index contributed by atoms with van der Waals surface area (Å²) in [7, 11) is -3.28. The fourth-order valence-electron chi connectivity index (χ4n) is 3.35. The predicted octanol–water partition coefficient (Wildman–Crippen LogP) is 2.90. The number of carbonyl (C=O) groups excluding carboxylic acids is 1. The van der Waals surface area contributed by atoms with Gasteiger partial charge in [0.25, 0.3) is 0 Å². The van der Waals surface area contributed by atoms with E-state index in [1.165, 1.54) is 0 Å². The number of thiazole rings is 1. The summed E-state index contributed by atoms with van der Waals surface area (Å²) in [5.74, 6) is 0.381. The zero-order chi connectivity index (χ0) is 20.1. The first-order valence-corrected chi connectivity index (χ1v) is 12.0. The Bertz CT molecular complexity index is 878. The Morgan fingerprint density at radius 2 is 2.07 bits per heavy atom. The minimum Gasteiger partial charge on any atom is -0.355 e. The van der Waals surface area contributed by atoms with Gasteiger partial charge in [-0.3, -0.25) is 4.79 Å². The molecule has 1 aliphatic heterocycles. The van der Waals surface area contributed by atoms with Gasteiger partial charge in [-0.2, -0.15) is 0 Å². The fraction of sp³-hybridized carbons (Fsp3) is 0.500. The van der Waals surface area contributed by atoms with Crippen LogP contribution in [0, 0.1) is 5.92 Å². The number of benzene rings is 1. The zero-order valence-corrected chi connectivity index (χ0v) is 17.9. The molecule has 0 saturated carbocycles. The highest BCUT2D eigenvalue weighted by Gasteiger charge is 2.22. The van der Waals surface area contributed by atoms with Crippen LogP contribution >= 0.6 is 11.3 Å². The van der Waals surface area contributed by atoms with Crippen LogP contribution in [-0.4, -0.2) is 44.2 Å². The highest BCUT2D eigenvalue weighted by Crippen LogP contribution is 2.24. The summed E-state index contributed by atoms with van der Waals surface area (Å²) >= 11 is 1.65. The Labute approximate surface area is 170 Å². The number of hydrogen-bond donors (Lipinski definition) is 1. The molecule has 1 aromatic heterocycles. The smallest absolute Gasteiger partial charge is 0.224 e. The van der Waals surface area contributed by atoms with E-state index in [2.05, 4.69) is 15.2 Å². The summed E-state index contributed by atoms with van der Waals surface area (Å²) in [5.41, 5.74) is 0.813. The first-order valence-electron chi connectivity index (χ1n) is 9.60. The third-order valence-electron chi connectivity index (χ3n) is 5.03. The van der Waals surface area contributed by atoms with Crippen LogP contribution in [0.5, 0.6) is 0 Å². The standard InChI is InChI=1S/C20H27N3O3S2/c1-15(2)28(25,26)18-7-5-16(6-8-18)12-19(24)22-13-17-4-3-10-23(14-17)20-21-9-11-27-20/h5-9,11,15,17H,3-4,10,12-14H2,1-2H3,(H,22,24). The van der Waals surface area contributed by atoms with Gasteiger partial charge in [-0.05, 0) is 50.3 Å². The quantitative estimate of drug-likeness (QED) is 0.744. The van der Waals surface area contributed by atoms with E-state index in [9.17, 15) is 13.2 Å². The van der Waals surface area contributed by atoms with Crippen molar-refractivity contribution in [3.05, 3.63) is 41.4 Å². The van der Waals surface area contributed by atoms with E-state index in [0.717, 1.165) is 36.6 Å². The molecule has 1 amide bonds. The lowest BCUT2D eigenvalue weighted by Gasteiger charge is -2.32. The summed E-state index contributed by atoms with van der Waals surface area (Å²) in [6, 6.07) is 6.62. The van der Waals surface area contributed by atoms with Crippen molar-refractivity contribution >= 4 is 32.2 Å². The minimum absolute atomic E-state index is 0.0363. The Hall–Kier alpha value is -1.93. The maximum absolute atomic E-state index is 12.3. The Kier molecular flexibility index (Phi) is 6.72. The molecule has 0 radical (unpaired) electrons. The topological polar surface area (TPSA) is 79.4 Å². The van der Waals surface area contributed by atoms with Crippen LogP contribution < -0.4 is 10.2 Å². The average Bonchev–Trinajstić information content (AvgIpc) is 3.22. The third kappa shape index (κ3) is 5.11. The van der Waals surface area contributed by atoms with Gasteiger partial charge < -0.3 is 10.2 Å². The van der Waals surface area contributed by atoms with Gasteiger partial charge in [0.15, 0.2) is 15.0 Å². The molecule has 2 aromatic rings. The zero-order valence-electron chi connectivity index (χ0n) is 16.3. The molecular formula is C20H27N3O3S2. The number of amides is 1. The van der Waals surface area contributed by atoms with Gasteiger partial charge in [-0.25, -0.2) is 13.4 Å². The van der Waals surface area contributed by atoms with Crippen LogP contribution in [0.15, 0.2) is 40.7 Å². The summed E-state index contributed by atoms with van der Waals surface area (Å²) in [6.07, 6.45) is 4.28. The van der Waals surface area contributed by atoms with Gasteiger partial charge >= 0.3 is 0 Å². The summed E-state index contributed by atoms with van der Waals surface area (Å²) in [4.78, 5) is 19.3. The van der Waals surface area contributed by atoms with E-state index in [1.807, 2.05) is 11.6 Å². The summed E-state index contributed by atoms with van der Waals surface area (Å²) in [6.45, 7) is 5.91. The number of anilines is 1. The molecule has 28 heavy (non-hydrogen) atoms. The van der Waals surface area contributed by atoms with E-state index in [0.29, 0.717) is 17.4 Å². The van der Waals surface area contributed by atoms with Crippen LogP contribution in [-0.2, 0) is 21.1 Å². The summed E-state index contributed by atoms with van der Waals surface area (Å²) in [5, 5.41) is 5.60. The number of rotatable bonds is 7. The van der Waals surface area contributed by atoms with Crippen molar-refractivity contribution in [2.75, 3.05) is 24.5 Å². The molecule has 1 aromatic carbocycles. The Morgan fingerprint density at radius 3 is 2.71 bits per heavy atom. The van der Waals surface area contributed by atoms with Crippen LogP contribution in [0.3, 0.4) is 0 Å². The lowest BCUT2D eigenvalue weighted by atomic mass is 9.98. The highest BCUT2D eigenvalue weighted by atomic mass is 32.2. The second kappa shape index (κ2) is 9.05. The van der Waals surface area contributed by atoms with Crippen LogP contribution in [0.4, 0.5) is 5.13 Å². The van der Waals surface area contributed by atoms with Crippen molar-refractivity contribution < 1.29 is 13.2 Å². The normalized spacial score (nSPS) is 17.7. The van der Waals surface area contributed by atoms with Crippen molar-refractivity contribution in [2.24, 2.45) is 5.92 Å². The summed E-state index contributed by atoms with van der Waals surface area (Å²) < 4.78 is 24.3. The van der Waals surface area contributed by atoms with Gasteiger partial charge in [0, 0.05) is 31.2 Å². The second-order valence-corrected chi connectivity index (χ2v) is 10.9. The molecule has 3 rings (SSSR count). The van der Waals surface area contributed by atoms with E-state index in [1.54, 1.807) is 49.4 Å². The van der Waals surface area contributed by atoms with E-state index in [-0.39, 0.29) is 12.3 Å². The number of piperidine rings is 1. The molecule has 0 bridgehead atoms. The SMILES string of the molecule is CC(C)S(=O)(=O)c1ccc(CC(=O)NCC2CCCN(c3nccs3)C2)cc1. The molecule has 1 atom stereocenters. The molecule has 8 heteroatoms. The van der Waals surface area contributed by atoms with Crippen molar-refractivity contribution in [1.82, 2.24) is 10.3 Å². The van der Waals surface area contributed by atoms with E-state index in [4.69, 9.17) is 0 Å². The molecule has 152 valence electrons. The van der Waals surface area contributed by atoms with Gasteiger partial charge in [0.1, 0.15) is 0 Å². The van der Waals surface area contributed by atoms with Gasteiger partial charge in [-0.15, -0.1) is 11.3 Å². The van der Waals surface area contributed by atoms with Crippen molar-refractivity contribution in [2.45, 2.75) is 43.3 Å². The molecule has 1 unspecified atom stereocenters. The number of nitrogens with one attached hydrogen (secondary N) is 1. The number of sulfone groups is 1. The molecule has 6 nitrogen and oxygen atoms in total. The first-order chi connectivity index (χ1) is 13.4. The molecular weight excluding hydrogens is 394 g/mol. The molecule has 1 aliphatic rings. The maximum atomic E-state index is 12.3. The fourth-order valence-corrected chi connectivity index (χ4v) is 5.09. The largest absolute Gasteiger partial charge is 0.355 e. The first kappa shape index (κ1) is 20.8. The third-order valence-corrected chi connectivity index (χ3v) is 8.04. The van der Waals surface area contributed by atoms with Crippen LogP contribution in [0.2, 0.25) is 0 Å². The number of aromatic nitrogens is 1. The molecule has 0 aliphatic carbocycles.